The van der Waals surface area contributed by atoms with Gasteiger partial charge in [-0.25, -0.2) is 4.79 Å². The summed E-state index contributed by atoms with van der Waals surface area (Å²) in [4.78, 5) is 13.4. The highest BCUT2D eigenvalue weighted by atomic mass is 32.2. The Kier molecular flexibility index (Phi) is 5.35. The van der Waals surface area contributed by atoms with Crippen LogP contribution in [0, 0.1) is 11.3 Å². The minimum Gasteiger partial charge on any atom is -0.444 e. The third-order valence-electron chi connectivity index (χ3n) is 5.19. The number of aliphatic hydroxyl groups is 1. The molecule has 1 aromatic carbocycles. The molecule has 1 aliphatic heterocycles. The summed E-state index contributed by atoms with van der Waals surface area (Å²) in [5, 5.41) is 13.2. The Bertz CT molecular complexity index is 624. The van der Waals surface area contributed by atoms with Gasteiger partial charge in [-0.3, -0.25) is 0 Å². The molecule has 5 heteroatoms. The minimum absolute atomic E-state index is 0.108. The number of rotatable bonds is 6. The highest BCUT2D eigenvalue weighted by molar-refractivity contribution is 7.99. The van der Waals surface area contributed by atoms with E-state index < -0.39 is 11.7 Å². The molecule has 0 aromatic heterocycles. The van der Waals surface area contributed by atoms with Crippen LogP contribution >= 0.6 is 11.8 Å². The number of hydrogen-bond donors (Lipinski definition) is 2. The van der Waals surface area contributed by atoms with Crippen molar-refractivity contribution < 1.29 is 14.6 Å². The highest BCUT2D eigenvalue weighted by Gasteiger charge is 2.47. The van der Waals surface area contributed by atoms with Crippen LogP contribution in [-0.4, -0.2) is 35.7 Å². The second kappa shape index (κ2) is 7.20. The normalized spacial score (nSPS) is 22.2. The zero-order chi connectivity index (χ0) is 18.1. The number of hydrogen-bond acceptors (Lipinski definition) is 4. The van der Waals surface area contributed by atoms with Crippen molar-refractivity contribution in [1.29, 1.82) is 0 Å². The van der Waals surface area contributed by atoms with Crippen LogP contribution in [0.5, 0.6) is 0 Å². The summed E-state index contributed by atoms with van der Waals surface area (Å²) >= 11 is 1.90. The fourth-order valence-electron chi connectivity index (χ4n) is 3.78. The number of benzene rings is 1. The Morgan fingerprint density at radius 3 is 2.68 bits per heavy atom. The maximum atomic E-state index is 12.1. The van der Waals surface area contributed by atoms with E-state index in [1.807, 2.05) is 32.5 Å². The zero-order valence-corrected chi connectivity index (χ0v) is 16.2. The van der Waals surface area contributed by atoms with E-state index in [-0.39, 0.29) is 12.0 Å². The fraction of sp³-hybridized carbons (Fsp3) is 0.650. The lowest BCUT2D eigenvalue weighted by atomic mass is 9.74. The first-order valence-corrected chi connectivity index (χ1v) is 10.1. The van der Waals surface area contributed by atoms with Gasteiger partial charge in [-0.15, -0.1) is 11.8 Å². The molecule has 4 nitrogen and oxygen atoms in total. The average Bonchev–Trinajstić information content (AvgIpc) is 3.33. The van der Waals surface area contributed by atoms with Crippen LogP contribution < -0.4 is 5.32 Å². The van der Waals surface area contributed by atoms with Gasteiger partial charge in [0.05, 0.1) is 6.61 Å². The standard InChI is InChI=1S/C20H29NO3S/c1-19(2,3)24-18(23)21-12-20(13-22,15-8-9-15)10-14-11-25-17-7-5-4-6-16(14)17/h4-7,14-15,22H,8-13H2,1-3H3,(H,21,23). The van der Waals surface area contributed by atoms with Crippen molar-refractivity contribution in [3.8, 4) is 0 Å². The van der Waals surface area contributed by atoms with E-state index in [1.165, 1.54) is 10.5 Å². The number of aliphatic hydroxyl groups excluding tert-OH is 1. The van der Waals surface area contributed by atoms with Crippen LogP contribution in [0.15, 0.2) is 29.2 Å². The number of ether oxygens (including phenoxy) is 1. The van der Waals surface area contributed by atoms with Crippen LogP contribution in [-0.2, 0) is 4.74 Å². The molecular formula is C20H29NO3S. The number of fused-ring (bicyclic) bond motifs is 1. The molecule has 0 bridgehead atoms. The second-order valence-electron chi connectivity index (χ2n) is 8.40. The average molecular weight is 364 g/mol. The summed E-state index contributed by atoms with van der Waals surface area (Å²) in [7, 11) is 0. The van der Waals surface area contributed by atoms with Crippen molar-refractivity contribution in [3.05, 3.63) is 29.8 Å². The predicted molar refractivity (Wildman–Crippen MR) is 101 cm³/mol. The van der Waals surface area contributed by atoms with Crippen molar-refractivity contribution in [3.63, 3.8) is 0 Å². The maximum Gasteiger partial charge on any atom is 0.407 e. The molecule has 0 radical (unpaired) electrons. The molecule has 1 saturated carbocycles. The van der Waals surface area contributed by atoms with Gasteiger partial charge in [0.1, 0.15) is 5.60 Å². The molecule has 1 aromatic rings. The zero-order valence-electron chi connectivity index (χ0n) is 15.4. The summed E-state index contributed by atoms with van der Waals surface area (Å²) in [5.74, 6) is 1.99. The fourth-order valence-corrected chi connectivity index (χ4v) is 5.03. The van der Waals surface area contributed by atoms with Crippen LogP contribution in [0.1, 0.15) is 51.5 Å². The molecule has 1 amide bonds. The number of carbonyl (C=O) groups is 1. The largest absolute Gasteiger partial charge is 0.444 e. The van der Waals surface area contributed by atoms with Gasteiger partial charge in [0.15, 0.2) is 0 Å². The van der Waals surface area contributed by atoms with Crippen LogP contribution in [0.4, 0.5) is 4.79 Å². The molecule has 138 valence electrons. The van der Waals surface area contributed by atoms with Crippen LogP contribution in [0.25, 0.3) is 0 Å². The van der Waals surface area contributed by atoms with Gasteiger partial charge in [0, 0.05) is 22.6 Å². The molecule has 1 heterocycles. The molecule has 1 aliphatic carbocycles. The number of nitrogens with one attached hydrogen (secondary N) is 1. The monoisotopic (exact) mass is 363 g/mol. The molecule has 25 heavy (non-hydrogen) atoms. The Morgan fingerprint density at radius 2 is 2.04 bits per heavy atom. The van der Waals surface area contributed by atoms with Crippen LogP contribution in [0.3, 0.4) is 0 Å². The molecule has 2 N–H and O–H groups in total. The summed E-state index contributed by atoms with van der Waals surface area (Å²) in [6.07, 6.45) is 2.79. The second-order valence-corrected chi connectivity index (χ2v) is 9.46. The van der Waals surface area contributed by atoms with Crippen LogP contribution in [0.2, 0.25) is 0 Å². The number of alkyl carbamates (subject to hydrolysis) is 1. The lowest BCUT2D eigenvalue weighted by Gasteiger charge is -2.35. The number of carbonyl (C=O) groups excluding carboxylic acids is 1. The SMILES string of the molecule is CC(C)(C)OC(=O)NCC(CO)(CC1CSc2ccccc21)C1CC1. The predicted octanol–water partition coefficient (Wildman–Crippen LogP) is 4.18. The maximum absolute atomic E-state index is 12.1. The first-order chi connectivity index (χ1) is 11.8. The van der Waals surface area contributed by atoms with Crippen molar-refractivity contribution in [2.75, 3.05) is 18.9 Å². The molecule has 2 atom stereocenters. The molecule has 2 aliphatic rings. The van der Waals surface area contributed by atoms with Gasteiger partial charge in [0.2, 0.25) is 0 Å². The lowest BCUT2D eigenvalue weighted by molar-refractivity contribution is 0.0414. The van der Waals surface area contributed by atoms with Crippen molar-refractivity contribution in [2.45, 2.75) is 56.4 Å². The molecule has 1 fully saturated rings. The quantitative estimate of drug-likeness (QED) is 0.796. The van der Waals surface area contributed by atoms with E-state index in [0.717, 1.165) is 25.0 Å². The topological polar surface area (TPSA) is 58.6 Å². The van der Waals surface area contributed by atoms with Gasteiger partial charge in [-0.05, 0) is 63.5 Å². The molecule has 3 rings (SSSR count). The molecule has 2 unspecified atom stereocenters. The Hall–Kier alpha value is -1.20. The van der Waals surface area contributed by atoms with Gasteiger partial charge >= 0.3 is 6.09 Å². The molecule has 0 spiro atoms. The van der Waals surface area contributed by atoms with Crippen molar-refractivity contribution in [2.24, 2.45) is 11.3 Å². The third kappa shape index (κ3) is 4.50. The number of thioether (sulfide) groups is 1. The summed E-state index contributed by atoms with van der Waals surface area (Å²) in [6.45, 7) is 6.17. The van der Waals surface area contributed by atoms with E-state index in [4.69, 9.17) is 4.74 Å². The summed E-state index contributed by atoms with van der Waals surface area (Å²) < 4.78 is 5.37. The van der Waals surface area contributed by atoms with Crippen molar-refractivity contribution >= 4 is 17.9 Å². The van der Waals surface area contributed by atoms with Gasteiger partial charge in [0.25, 0.3) is 0 Å². The summed E-state index contributed by atoms with van der Waals surface area (Å²) in [6, 6.07) is 8.56. The van der Waals surface area contributed by atoms with E-state index in [9.17, 15) is 9.90 Å². The number of amides is 1. The molecule has 0 saturated heterocycles. The van der Waals surface area contributed by atoms with Gasteiger partial charge in [-0.2, -0.15) is 0 Å². The first kappa shape index (κ1) is 18.6. The lowest BCUT2D eigenvalue weighted by Crippen LogP contribution is -2.44. The van der Waals surface area contributed by atoms with E-state index >= 15 is 0 Å². The van der Waals surface area contributed by atoms with E-state index in [1.54, 1.807) is 0 Å². The first-order valence-electron chi connectivity index (χ1n) is 9.12. The van der Waals surface area contributed by atoms with Gasteiger partial charge < -0.3 is 15.2 Å². The summed E-state index contributed by atoms with van der Waals surface area (Å²) in [5.41, 5.74) is 0.634. The Morgan fingerprint density at radius 1 is 1.32 bits per heavy atom. The van der Waals surface area contributed by atoms with Gasteiger partial charge in [-0.1, -0.05) is 18.2 Å². The Labute approximate surface area is 154 Å². The van der Waals surface area contributed by atoms with E-state index in [2.05, 4.69) is 29.6 Å². The smallest absolute Gasteiger partial charge is 0.407 e. The minimum atomic E-state index is -0.507. The Balaban J connectivity index is 1.69. The highest BCUT2D eigenvalue weighted by Crippen LogP contribution is 2.53. The third-order valence-corrected chi connectivity index (χ3v) is 6.45. The van der Waals surface area contributed by atoms with E-state index in [0.29, 0.717) is 18.4 Å². The molecular weight excluding hydrogens is 334 g/mol. The van der Waals surface area contributed by atoms with Crippen molar-refractivity contribution in [1.82, 2.24) is 5.32 Å².